The van der Waals surface area contributed by atoms with Crippen LogP contribution < -0.4 is 0 Å². The highest BCUT2D eigenvalue weighted by Crippen LogP contribution is 2.43. The third-order valence-electron chi connectivity index (χ3n) is 3.71. The fraction of sp³-hybridized carbons (Fsp3) is 0.857. The molecular formula is C14H23ClO3. The zero-order chi connectivity index (χ0) is 12.6. The number of halogens is 1. The molecule has 1 fully saturated rings. The first-order chi connectivity index (χ1) is 8.90. The summed E-state index contributed by atoms with van der Waals surface area (Å²) in [7, 11) is 0. The van der Waals surface area contributed by atoms with Gasteiger partial charge in [-0.3, -0.25) is 0 Å². The highest BCUT2D eigenvalue weighted by Gasteiger charge is 2.35. The van der Waals surface area contributed by atoms with Gasteiger partial charge in [0.15, 0.2) is 0 Å². The van der Waals surface area contributed by atoms with Gasteiger partial charge in [0.2, 0.25) is 0 Å². The maximum Gasteiger partial charge on any atom is 0.0701 e. The fourth-order valence-corrected chi connectivity index (χ4v) is 2.92. The van der Waals surface area contributed by atoms with Crippen LogP contribution in [0.5, 0.6) is 0 Å². The second kappa shape index (κ2) is 8.16. The summed E-state index contributed by atoms with van der Waals surface area (Å²) in [5, 5.41) is 0. The average molecular weight is 275 g/mol. The monoisotopic (exact) mass is 274 g/mol. The first kappa shape index (κ1) is 14.3. The Morgan fingerprint density at radius 2 is 1.61 bits per heavy atom. The summed E-state index contributed by atoms with van der Waals surface area (Å²) in [6.07, 6.45) is 7.40. The number of ether oxygens (including phenoxy) is 3. The van der Waals surface area contributed by atoms with Crippen molar-refractivity contribution in [1.82, 2.24) is 0 Å². The topological polar surface area (TPSA) is 27.7 Å². The number of hydrogen-bond donors (Lipinski definition) is 0. The van der Waals surface area contributed by atoms with E-state index in [-0.39, 0.29) is 0 Å². The molecule has 4 heteroatoms. The van der Waals surface area contributed by atoms with E-state index in [0.717, 1.165) is 24.4 Å². The fourth-order valence-electron chi connectivity index (χ4n) is 2.82. The van der Waals surface area contributed by atoms with Crippen molar-refractivity contribution in [3.63, 3.8) is 0 Å². The van der Waals surface area contributed by atoms with Crippen LogP contribution in [0, 0.1) is 17.8 Å². The van der Waals surface area contributed by atoms with Crippen molar-refractivity contribution in [3.05, 3.63) is 12.2 Å². The predicted molar refractivity (Wildman–Crippen MR) is 72.0 cm³/mol. The molecule has 1 saturated carbocycles. The maximum atomic E-state index is 5.68. The first-order valence-electron chi connectivity index (χ1n) is 6.87. The molecule has 0 aromatic heterocycles. The van der Waals surface area contributed by atoms with E-state index in [1.807, 2.05) is 0 Å². The van der Waals surface area contributed by atoms with Crippen LogP contribution in [0.25, 0.3) is 0 Å². The molecule has 0 N–H and O–H groups in total. The van der Waals surface area contributed by atoms with Crippen LogP contribution in [0.1, 0.15) is 12.8 Å². The van der Waals surface area contributed by atoms with E-state index in [9.17, 15) is 0 Å². The molecule has 3 unspecified atom stereocenters. The van der Waals surface area contributed by atoms with Gasteiger partial charge in [0.05, 0.1) is 39.6 Å². The molecule has 3 atom stereocenters. The molecule has 104 valence electrons. The van der Waals surface area contributed by atoms with E-state index in [2.05, 4.69) is 12.2 Å². The van der Waals surface area contributed by atoms with Gasteiger partial charge in [-0.05, 0) is 30.6 Å². The molecule has 0 heterocycles. The smallest absolute Gasteiger partial charge is 0.0701 e. The summed E-state index contributed by atoms with van der Waals surface area (Å²) in [6, 6.07) is 0. The lowest BCUT2D eigenvalue weighted by Gasteiger charge is -2.17. The van der Waals surface area contributed by atoms with E-state index in [0.29, 0.717) is 38.9 Å². The van der Waals surface area contributed by atoms with E-state index in [1.54, 1.807) is 0 Å². The molecule has 0 radical (unpaired) electrons. The molecule has 2 aliphatic rings. The minimum absolute atomic E-state index is 0.543. The van der Waals surface area contributed by atoms with E-state index in [1.165, 1.54) is 12.8 Å². The lowest BCUT2D eigenvalue weighted by atomic mass is 9.95. The van der Waals surface area contributed by atoms with Gasteiger partial charge in [0, 0.05) is 5.88 Å². The Labute approximate surface area is 114 Å². The standard InChI is InChI=1S/C14H23ClO3/c15-3-4-16-5-6-17-7-8-18-11-14-10-12-1-2-13(14)9-12/h1-2,12-14H,3-11H2. The number of hydrogen-bond acceptors (Lipinski definition) is 3. The molecule has 0 spiro atoms. The number of fused-ring (bicyclic) bond motifs is 2. The summed E-state index contributed by atoms with van der Waals surface area (Å²) in [6.45, 7) is 4.06. The van der Waals surface area contributed by atoms with Gasteiger partial charge in [-0.15, -0.1) is 11.6 Å². The van der Waals surface area contributed by atoms with Crippen molar-refractivity contribution < 1.29 is 14.2 Å². The first-order valence-corrected chi connectivity index (χ1v) is 7.41. The van der Waals surface area contributed by atoms with Crippen molar-refractivity contribution in [1.29, 1.82) is 0 Å². The Morgan fingerprint density at radius 1 is 0.889 bits per heavy atom. The lowest BCUT2D eigenvalue weighted by molar-refractivity contribution is 0.00747. The van der Waals surface area contributed by atoms with Crippen molar-refractivity contribution in [2.45, 2.75) is 12.8 Å². The minimum atomic E-state index is 0.543. The van der Waals surface area contributed by atoms with E-state index >= 15 is 0 Å². The van der Waals surface area contributed by atoms with Crippen molar-refractivity contribution in [3.8, 4) is 0 Å². The van der Waals surface area contributed by atoms with Crippen LogP contribution in [0.3, 0.4) is 0 Å². The van der Waals surface area contributed by atoms with Gasteiger partial charge in [0.1, 0.15) is 0 Å². The Morgan fingerprint density at radius 3 is 2.22 bits per heavy atom. The number of allylic oxidation sites excluding steroid dienone is 2. The normalized spacial score (nSPS) is 29.3. The molecule has 2 bridgehead atoms. The Hall–Kier alpha value is -0.0900. The van der Waals surface area contributed by atoms with Crippen LogP contribution in [-0.2, 0) is 14.2 Å². The third-order valence-corrected chi connectivity index (χ3v) is 3.87. The maximum absolute atomic E-state index is 5.68. The van der Waals surface area contributed by atoms with Gasteiger partial charge in [-0.2, -0.15) is 0 Å². The van der Waals surface area contributed by atoms with Gasteiger partial charge >= 0.3 is 0 Å². The lowest BCUT2D eigenvalue weighted by Crippen LogP contribution is -2.17. The van der Waals surface area contributed by atoms with Gasteiger partial charge in [-0.25, -0.2) is 0 Å². The van der Waals surface area contributed by atoms with Gasteiger partial charge < -0.3 is 14.2 Å². The van der Waals surface area contributed by atoms with Gasteiger partial charge in [-0.1, -0.05) is 12.2 Å². The van der Waals surface area contributed by atoms with Gasteiger partial charge in [0.25, 0.3) is 0 Å². The Kier molecular flexibility index (Phi) is 6.49. The highest BCUT2D eigenvalue weighted by molar-refractivity contribution is 6.17. The molecule has 0 aliphatic heterocycles. The quantitative estimate of drug-likeness (QED) is 0.348. The van der Waals surface area contributed by atoms with E-state index < -0.39 is 0 Å². The molecule has 3 nitrogen and oxygen atoms in total. The second-order valence-corrected chi connectivity index (χ2v) is 5.41. The molecule has 18 heavy (non-hydrogen) atoms. The summed E-state index contributed by atoms with van der Waals surface area (Å²) in [5.74, 6) is 2.90. The Bertz CT molecular complexity index is 257. The molecular weight excluding hydrogens is 252 g/mol. The minimum Gasteiger partial charge on any atom is -0.379 e. The van der Waals surface area contributed by atoms with Crippen LogP contribution in [0.2, 0.25) is 0 Å². The largest absolute Gasteiger partial charge is 0.379 e. The van der Waals surface area contributed by atoms with Crippen molar-refractivity contribution in [2.75, 3.05) is 45.5 Å². The average Bonchev–Trinajstić information content (AvgIpc) is 2.99. The SMILES string of the molecule is ClCCOCCOCCOCC1CC2C=CC1C2. The van der Waals surface area contributed by atoms with Crippen LogP contribution in [0.15, 0.2) is 12.2 Å². The van der Waals surface area contributed by atoms with Crippen LogP contribution in [-0.4, -0.2) is 45.5 Å². The summed E-state index contributed by atoms with van der Waals surface area (Å²) < 4.78 is 16.3. The number of rotatable bonds is 10. The summed E-state index contributed by atoms with van der Waals surface area (Å²) >= 11 is 5.48. The molecule has 0 saturated heterocycles. The zero-order valence-corrected chi connectivity index (χ0v) is 11.6. The predicted octanol–water partition coefficient (Wildman–Crippen LogP) is 2.49. The van der Waals surface area contributed by atoms with Crippen LogP contribution in [0.4, 0.5) is 0 Å². The van der Waals surface area contributed by atoms with Crippen LogP contribution >= 0.6 is 11.6 Å². The number of alkyl halides is 1. The summed E-state index contributed by atoms with van der Waals surface area (Å²) in [4.78, 5) is 0. The highest BCUT2D eigenvalue weighted by atomic mass is 35.5. The van der Waals surface area contributed by atoms with E-state index in [4.69, 9.17) is 25.8 Å². The summed E-state index contributed by atoms with van der Waals surface area (Å²) in [5.41, 5.74) is 0. The Balaban J connectivity index is 1.37. The second-order valence-electron chi connectivity index (χ2n) is 5.03. The molecule has 0 aromatic rings. The third kappa shape index (κ3) is 4.54. The zero-order valence-electron chi connectivity index (χ0n) is 10.9. The molecule has 2 aliphatic carbocycles. The molecule has 2 rings (SSSR count). The molecule has 0 amide bonds. The van der Waals surface area contributed by atoms with Crippen molar-refractivity contribution in [2.24, 2.45) is 17.8 Å². The van der Waals surface area contributed by atoms with Crippen molar-refractivity contribution >= 4 is 11.6 Å². The molecule has 0 aromatic carbocycles.